The van der Waals surface area contributed by atoms with Crippen molar-refractivity contribution in [2.75, 3.05) is 25.5 Å². The number of imidazole rings is 1. The lowest BCUT2D eigenvalue weighted by Crippen LogP contribution is -2.28. The molecule has 0 saturated heterocycles. The zero-order chi connectivity index (χ0) is 14.4. The van der Waals surface area contributed by atoms with Crippen LogP contribution in [-0.2, 0) is 13.0 Å². The molecule has 2 aromatic heterocycles. The standard InChI is InChI=1S/C15H23ClN4/c1-3-9-19(4-2)10-11-20-14-6-8-17-12-13(14)18-15(20)5-7-16/h6,8,12H,3-5,7,9-11H2,1-2H3. The van der Waals surface area contributed by atoms with Crippen LogP contribution in [0.4, 0.5) is 0 Å². The molecule has 0 atom stereocenters. The van der Waals surface area contributed by atoms with Crippen LogP contribution in [-0.4, -0.2) is 44.9 Å². The number of likely N-dealkylation sites (N-methyl/N-ethyl adjacent to an activating group) is 1. The Hall–Kier alpha value is -1.13. The first-order valence-electron chi connectivity index (χ1n) is 7.37. The van der Waals surface area contributed by atoms with E-state index in [0.29, 0.717) is 5.88 Å². The largest absolute Gasteiger partial charge is 0.327 e. The quantitative estimate of drug-likeness (QED) is 0.702. The van der Waals surface area contributed by atoms with Crippen LogP contribution in [0.3, 0.4) is 0 Å². The topological polar surface area (TPSA) is 34.0 Å². The Labute approximate surface area is 125 Å². The number of nitrogens with zero attached hydrogens (tertiary/aromatic N) is 4. The molecule has 4 nitrogen and oxygen atoms in total. The van der Waals surface area contributed by atoms with Gasteiger partial charge in [-0.1, -0.05) is 13.8 Å². The summed E-state index contributed by atoms with van der Waals surface area (Å²) in [5, 5.41) is 0. The van der Waals surface area contributed by atoms with Gasteiger partial charge >= 0.3 is 0 Å². The second kappa shape index (κ2) is 7.60. The van der Waals surface area contributed by atoms with Crippen LogP contribution in [0.2, 0.25) is 0 Å². The number of alkyl halides is 1. The molecule has 5 heteroatoms. The van der Waals surface area contributed by atoms with Crippen molar-refractivity contribution in [1.82, 2.24) is 19.4 Å². The number of fused-ring (bicyclic) bond motifs is 1. The molecule has 2 heterocycles. The van der Waals surface area contributed by atoms with Gasteiger partial charge in [-0.3, -0.25) is 4.98 Å². The fourth-order valence-electron chi connectivity index (χ4n) is 2.54. The Balaban J connectivity index is 2.20. The van der Waals surface area contributed by atoms with Gasteiger partial charge in [0.1, 0.15) is 11.3 Å². The van der Waals surface area contributed by atoms with Gasteiger partial charge in [0.25, 0.3) is 0 Å². The van der Waals surface area contributed by atoms with Crippen molar-refractivity contribution in [3.05, 3.63) is 24.3 Å². The minimum absolute atomic E-state index is 0.600. The molecule has 0 aliphatic rings. The number of aryl methyl sites for hydroxylation is 1. The smallest absolute Gasteiger partial charge is 0.111 e. The van der Waals surface area contributed by atoms with Crippen LogP contribution in [0.5, 0.6) is 0 Å². The third kappa shape index (κ3) is 3.49. The van der Waals surface area contributed by atoms with E-state index in [1.165, 1.54) is 6.42 Å². The van der Waals surface area contributed by atoms with E-state index in [1.807, 2.05) is 18.5 Å². The van der Waals surface area contributed by atoms with Crippen LogP contribution >= 0.6 is 11.6 Å². The van der Waals surface area contributed by atoms with Gasteiger partial charge in [-0.2, -0.15) is 0 Å². The molecule has 0 aliphatic heterocycles. The highest BCUT2D eigenvalue weighted by atomic mass is 35.5. The molecule has 0 fully saturated rings. The van der Waals surface area contributed by atoms with E-state index in [0.717, 1.165) is 49.5 Å². The summed E-state index contributed by atoms with van der Waals surface area (Å²) in [4.78, 5) is 11.3. The highest BCUT2D eigenvalue weighted by Gasteiger charge is 2.11. The lowest BCUT2D eigenvalue weighted by Gasteiger charge is -2.20. The fraction of sp³-hybridized carbons (Fsp3) is 0.600. The summed E-state index contributed by atoms with van der Waals surface area (Å²) in [6.07, 6.45) is 5.65. The number of rotatable bonds is 8. The summed E-state index contributed by atoms with van der Waals surface area (Å²) in [5.74, 6) is 1.67. The number of aromatic nitrogens is 3. The van der Waals surface area contributed by atoms with Crippen LogP contribution in [0.25, 0.3) is 11.0 Å². The predicted molar refractivity (Wildman–Crippen MR) is 84.4 cm³/mol. The molecule has 0 bridgehead atoms. The highest BCUT2D eigenvalue weighted by Crippen LogP contribution is 2.16. The Morgan fingerprint density at radius 1 is 1.30 bits per heavy atom. The van der Waals surface area contributed by atoms with Gasteiger partial charge in [0, 0.05) is 31.6 Å². The molecular formula is C15H23ClN4. The van der Waals surface area contributed by atoms with Gasteiger partial charge in [-0.05, 0) is 25.6 Å². The van der Waals surface area contributed by atoms with E-state index in [-0.39, 0.29) is 0 Å². The van der Waals surface area contributed by atoms with Gasteiger partial charge in [-0.15, -0.1) is 11.6 Å². The molecule has 2 rings (SSSR count). The van der Waals surface area contributed by atoms with Gasteiger partial charge in [0.2, 0.25) is 0 Å². The van der Waals surface area contributed by atoms with Gasteiger partial charge in [0.05, 0.1) is 11.7 Å². The summed E-state index contributed by atoms with van der Waals surface area (Å²) < 4.78 is 2.29. The Morgan fingerprint density at radius 2 is 2.15 bits per heavy atom. The minimum atomic E-state index is 0.600. The second-order valence-corrected chi connectivity index (χ2v) is 5.30. The van der Waals surface area contributed by atoms with Gasteiger partial charge in [-0.25, -0.2) is 4.98 Å². The summed E-state index contributed by atoms with van der Waals surface area (Å²) in [6, 6.07) is 2.04. The van der Waals surface area contributed by atoms with Crippen molar-refractivity contribution in [3.63, 3.8) is 0 Å². The predicted octanol–water partition coefficient (Wildman–Crippen LogP) is 2.94. The zero-order valence-corrected chi connectivity index (χ0v) is 13.1. The Bertz CT molecular complexity index is 538. The SMILES string of the molecule is CCCN(CC)CCn1c(CCCl)nc2cnccc21. The first kappa shape index (κ1) is 15.3. The maximum absolute atomic E-state index is 5.90. The van der Waals surface area contributed by atoms with Gasteiger partial charge < -0.3 is 9.47 Å². The van der Waals surface area contributed by atoms with Crippen molar-refractivity contribution in [2.24, 2.45) is 0 Å². The van der Waals surface area contributed by atoms with Gasteiger partial charge in [0.15, 0.2) is 0 Å². The van der Waals surface area contributed by atoms with E-state index >= 15 is 0 Å². The maximum Gasteiger partial charge on any atom is 0.111 e. The molecule has 20 heavy (non-hydrogen) atoms. The summed E-state index contributed by atoms with van der Waals surface area (Å²) in [5.41, 5.74) is 2.12. The number of hydrogen-bond acceptors (Lipinski definition) is 3. The molecule has 0 amide bonds. The molecule has 0 radical (unpaired) electrons. The van der Waals surface area contributed by atoms with Crippen molar-refractivity contribution < 1.29 is 0 Å². The van der Waals surface area contributed by atoms with E-state index in [1.54, 1.807) is 0 Å². The average molecular weight is 295 g/mol. The molecule has 0 unspecified atom stereocenters. The third-order valence-electron chi connectivity index (χ3n) is 3.57. The zero-order valence-electron chi connectivity index (χ0n) is 12.3. The van der Waals surface area contributed by atoms with Crippen LogP contribution in [0.1, 0.15) is 26.1 Å². The fourth-order valence-corrected chi connectivity index (χ4v) is 2.71. The van der Waals surface area contributed by atoms with Crippen LogP contribution < -0.4 is 0 Å². The molecule has 0 spiro atoms. The normalized spacial score (nSPS) is 11.6. The van der Waals surface area contributed by atoms with E-state index in [9.17, 15) is 0 Å². The molecular weight excluding hydrogens is 272 g/mol. The third-order valence-corrected chi connectivity index (χ3v) is 3.76. The molecule has 0 aliphatic carbocycles. The van der Waals surface area contributed by atoms with Crippen molar-refractivity contribution in [1.29, 1.82) is 0 Å². The lowest BCUT2D eigenvalue weighted by atomic mass is 10.3. The monoisotopic (exact) mass is 294 g/mol. The second-order valence-electron chi connectivity index (χ2n) is 4.92. The molecule has 110 valence electrons. The molecule has 2 aromatic rings. The summed E-state index contributed by atoms with van der Waals surface area (Å²) >= 11 is 5.90. The molecule has 0 saturated carbocycles. The average Bonchev–Trinajstić information content (AvgIpc) is 2.81. The van der Waals surface area contributed by atoms with Crippen molar-refractivity contribution in [2.45, 2.75) is 33.2 Å². The highest BCUT2D eigenvalue weighted by molar-refractivity contribution is 6.17. The van der Waals surface area contributed by atoms with E-state index in [2.05, 4.69) is 33.3 Å². The van der Waals surface area contributed by atoms with E-state index in [4.69, 9.17) is 11.6 Å². The first-order chi connectivity index (χ1) is 9.80. The lowest BCUT2D eigenvalue weighted by molar-refractivity contribution is 0.277. The number of pyridine rings is 1. The Kier molecular flexibility index (Phi) is 5.80. The summed E-state index contributed by atoms with van der Waals surface area (Å²) in [6.45, 7) is 8.68. The number of hydrogen-bond donors (Lipinski definition) is 0. The van der Waals surface area contributed by atoms with Crippen LogP contribution in [0.15, 0.2) is 18.5 Å². The first-order valence-corrected chi connectivity index (χ1v) is 7.91. The summed E-state index contributed by atoms with van der Waals surface area (Å²) in [7, 11) is 0. The molecule has 0 aromatic carbocycles. The number of halogens is 1. The van der Waals surface area contributed by atoms with Crippen molar-refractivity contribution in [3.8, 4) is 0 Å². The molecule has 0 N–H and O–H groups in total. The minimum Gasteiger partial charge on any atom is -0.327 e. The Morgan fingerprint density at radius 3 is 2.85 bits per heavy atom. The van der Waals surface area contributed by atoms with E-state index < -0.39 is 0 Å². The maximum atomic E-state index is 5.90. The van der Waals surface area contributed by atoms with Crippen molar-refractivity contribution >= 4 is 22.6 Å². The van der Waals surface area contributed by atoms with Crippen LogP contribution in [0, 0.1) is 0 Å².